The fourth-order valence-corrected chi connectivity index (χ4v) is 2.23. The highest BCUT2D eigenvalue weighted by molar-refractivity contribution is 7.15. The zero-order valence-electron chi connectivity index (χ0n) is 12.1. The van der Waals surface area contributed by atoms with Gasteiger partial charge in [-0.1, -0.05) is 11.3 Å². The highest BCUT2D eigenvalue weighted by atomic mass is 32.1. The van der Waals surface area contributed by atoms with E-state index in [1.54, 1.807) is 32.4 Å². The molecule has 1 heterocycles. The number of hydrazone groups is 1. The zero-order chi connectivity index (χ0) is 15.9. The van der Waals surface area contributed by atoms with Gasteiger partial charge in [0.1, 0.15) is 5.01 Å². The molecular formula is C13H15N5O3S. The van der Waals surface area contributed by atoms with Gasteiger partial charge in [0.15, 0.2) is 11.5 Å². The summed E-state index contributed by atoms with van der Waals surface area (Å²) in [5.74, 6) is 0.910. The van der Waals surface area contributed by atoms with E-state index in [1.807, 2.05) is 0 Å². The van der Waals surface area contributed by atoms with E-state index in [0.717, 1.165) is 5.56 Å². The van der Waals surface area contributed by atoms with E-state index in [0.29, 0.717) is 21.6 Å². The fourth-order valence-electron chi connectivity index (χ4n) is 1.63. The summed E-state index contributed by atoms with van der Waals surface area (Å²) in [6, 6.07) is 5.30. The standard InChI is InChI=1S/C13H15N5O3S/c1-20-9-4-3-8(5-10(9)21-2)7-15-16-11(19)6-12-17-18-13(14)22-12/h3-5,7H,6H2,1-2H3,(H2,14,18)(H,16,19)/b15-7+. The number of carbonyl (C=O) groups excluding carboxylic acids is 1. The van der Waals surface area contributed by atoms with E-state index in [-0.39, 0.29) is 12.3 Å². The van der Waals surface area contributed by atoms with Crippen molar-refractivity contribution in [2.24, 2.45) is 5.10 Å². The number of nitrogens with one attached hydrogen (secondary N) is 1. The Bertz CT molecular complexity index is 686. The number of carbonyl (C=O) groups is 1. The molecule has 0 saturated heterocycles. The summed E-state index contributed by atoms with van der Waals surface area (Å²) in [5, 5.41) is 12.1. The second-order valence-electron chi connectivity index (χ2n) is 4.12. The van der Waals surface area contributed by atoms with Crippen LogP contribution in [0, 0.1) is 0 Å². The highest BCUT2D eigenvalue weighted by Gasteiger charge is 2.07. The van der Waals surface area contributed by atoms with Crippen LogP contribution in [-0.2, 0) is 11.2 Å². The average molecular weight is 321 g/mol. The number of nitrogens with two attached hydrogens (primary N) is 1. The van der Waals surface area contributed by atoms with Crippen LogP contribution in [0.1, 0.15) is 10.6 Å². The van der Waals surface area contributed by atoms with Crippen molar-refractivity contribution in [1.82, 2.24) is 15.6 Å². The molecule has 2 rings (SSSR count). The number of rotatable bonds is 6. The van der Waals surface area contributed by atoms with Gasteiger partial charge in [0.05, 0.1) is 26.9 Å². The van der Waals surface area contributed by atoms with Crippen molar-refractivity contribution < 1.29 is 14.3 Å². The molecule has 0 aliphatic rings. The van der Waals surface area contributed by atoms with E-state index in [1.165, 1.54) is 17.6 Å². The number of nitrogens with zero attached hydrogens (tertiary/aromatic N) is 3. The number of amides is 1. The molecule has 0 bridgehead atoms. The molecule has 1 aromatic carbocycles. The lowest BCUT2D eigenvalue weighted by molar-refractivity contribution is -0.120. The Balaban J connectivity index is 1.93. The topological polar surface area (TPSA) is 112 Å². The highest BCUT2D eigenvalue weighted by Crippen LogP contribution is 2.26. The van der Waals surface area contributed by atoms with Crippen molar-refractivity contribution in [3.63, 3.8) is 0 Å². The number of hydrogen-bond acceptors (Lipinski definition) is 8. The normalized spacial score (nSPS) is 10.6. The fraction of sp³-hybridized carbons (Fsp3) is 0.231. The van der Waals surface area contributed by atoms with Gasteiger partial charge in [-0.15, -0.1) is 10.2 Å². The molecule has 0 atom stereocenters. The molecule has 0 aliphatic heterocycles. The summed E-state index contributed by atoms with van der Waals surface area (Å²) in [5.41, 5.74) is 8.62. The van der Waals surface area contributed by atoms with Gasteiger partial charge in [-0.3, -0.25) is 4.79 Å². The minimum Gasteiger partial charge on any atom is -0.493 e. The van der Waals surface area contributed by atoms with Gasteiger partial charge in [0.25, 0.3) is 0 Å². The third kappa shape index (κ3) is 4.16. The smallest absolute Gasteiger partial charge is 0.247 e. The molecule has 1 aromatic heterocycles. The van der Waals surface area contributed by atoms with Crippen molar-refractivity contribution in [1.29, 1.82) is 0 Å². The Labute approximate surface area is 131 Å². The van der Waals surface area contributed by atoms with E-state index in [9.17, 15) is 4.79 Å². The Kier molecular flexibility index (Phi) is 5.26. The van der Waals surface area contributed by atoms with Crippen molar-refractivity contribution in [2.45, 2.75) is 6.42 Å². The first-order chi connectivity index (χ1) is 10.6. The maximum atomic E-state index is 11.7. The van der Waals surface area contributed by atoms with Crippen LogP contribution >= 0.6 is 11.3 Å². The molecular weight excluding hydrogens is 306 g/mol. The number of aromatic nitrogens is 2. The molecule has 0 spiro atoms. The van der Waals surface area contributed by atoms with Crippen molar-refractivity contribution in [2.75, 3.05) is 20.0 Å². The van der Waals surface area contributed by atoms with E-state index in [2.05, 4.69) is 20.7 Å². The molecule has 0 radical (unpaired) electrons. The monoisotopic (exact) mass is 321 g/mol. The molecule has 3 N–H and O–H groups in total. The summed E-state index contributed by atoms with van der Waals surface area (Å²) in [7, 11) is 3.11. The molecule has 9 heteroatoms. The summed E-state index contributed by atoms with van der Waals surface area (Å²) in [4.78, 5) is 11.7. The maximum absolute atomic E-state index is 11.7. The van der Waals surface area contributed by atoms with E-state index < -0.39 is 0 Å². The van der Waals surface area contributed by atoms with Gasteiger partial charge in [-0.25, -0.2) is 5.43 Å². The van der Waals surface area contributed by atoms with Gasteiger partial charge in [0, 0.05) is 0 Å². The molecule has 0 fully saturated rings. The minimum absolute atomic E-state index is 0.0815. The molecule has 8 nitrogen and oxygen atoms in total. The number of nitrogen functional groups attached to an aromatic ring is 1. The lowest BCUT2D eigenvalue weighted by Crippen LogP contribution is -2.19. The Morgan fingerprint density at radius 2 is 2.14 bits per heavy atom. The van der Waals surface area contributed by atoms with E-state index >= 15 is 0 Å². The van der Waals surface area contributed by atoms with Crippen molar-refractivity contribution in [3.8, 4) is 11.5 Å². The third-order valence-corrected chi connectivity index (χ3v) is 3.36. The molecule has 1 amide bonds. The Hall–Kier alpha value is -2.68. The Morgan fingerprint density at radius 1 is 1.36 bits per heavy atom. The van der Waals surface area contributed by atoms with Gasteiger partial charge in [-0.2, -0.15) is 5.10 Å². The second-order valence-corrected chi connectivity index (χ2v) is 5.21. The quantitative estimate of drug-likeness (QED) is 0.602. The van der Waals surface area contributed by atoms with Crippen LogP contribution in [0.15, 0.2) is 23.3 Å². The van der Waals surface area contributed by atoms with Gasteiger partial charge >= 0.3 is 0 Å². The number of ether oxygens (including phenoxy) is 2. The first kappa shape index (κ1) is 15.7. The summed E-state index contributed by atoms with van der Waals surface area (Å²) in [6.45, 7) is 0. The van der Waals surface area contributed by atoms with Crippen LogP contribution in [0.25, 0.3) is 0 Å². The lowest BCUT2D eigenvalue weighted by Gasteiger charge is -2.07. The first-order valence-corrected chi connectivity index (χ1v) is 7.06. The minimum atomic E-state index is -0.298. The molecule has 0 aliphatic carbocycles. The number of benzene rings is 1. The zero-order valence-corrected chi connectivity index (χ0v) is 12.9. The van der Waals surface area contributed by atoms with Crippen molar-refractivity contribution in [3.05, 3.63) is 28.8 Å². The second kappa shape index (κ2) is 7.36. The van der Waals surface area contributed by atoms with Gasteiger partial charge in [0.2, 0.25) is 11.0 Å². The maximum Gasteiger partial charge on any atom is 0.247 e. The number of hydrogen-bond donors (Lipinski definition) is 2. The van der Waals surface area contributed by atoms with Gasteiger partial charge in [-0.05, 0) is 23.8 Å². The molecule has 2 aromatic rings. The van der Waals surface area contributed by atoms with Crippen LogP contribution in [0.2, 0.25) is 0 Å². The van der Waals surface area contributed by atoms with Crippen LogP contribution in [0.5, 0.6) is 11.5 Å². The summed E-state index contributed by atoms with van der Waals surface area (Å²) >= 11 is 1.17. The van der Waals surface area contributed by atoms with E-state index in [4.69, 9.17) is 15.2 Å². The lowest BCUT2D eigenvalue weighted by atomic mass is 10.2. The largest absolute Gasteiger partial charge is 0.493 e. The van der Waals surface area contributed by atoms with Crippen LogP contribution in [0.3, 0.4) is 0 Å². The third-order valence-electron chi connectivity index (χ3n) is 2.60. The van der Waals surface area contributed by atoms with Gasteiger partial charge < -0.3 is 15.2 Å². The number of methoxy groups -OCH3 is 2. The molecule has 22 heavy (non-hydrogen) atoms. The Morgan fingerprint density at radius 3 is 2.77 bits per heavy atom. The predicted octanol–water partition coefficient (Wildman–Crippen LogP) is 0.830. The van der Waals surface area contributed by atoms with Crippen LogP contribution in [-0.4, -0.2) is 36.5 Å². The molecule has 116 valence electrons. The summed E-state index contributed by atoms with van der Waals surface area (Å²) in [6.07, 6.45) is 1.59. The van der Waals surface area contributed by atoms with Crippen LogP contribution in [0.4, 0.5) is 5.13 Å². The molecule has 0 saturated carbocycles. The van der Waals surface area contributed by atoms with Crippen LogP contribution < -0.4 is 20.6 Å². The SMILES string of the molecule is COc1ccc(/C=N/NC(=O)Cc2nnc(N)s2)cc1OC. The number of anilines is 1. The predicted molar refractivity (Wildman–Crippen MR) is 83.3 cm³/mol. The first-order valence-electron chi connectivity index (χ1n) is 6.24. The summed E-state index contributed by atoms with van der Waals surface area (Å²) < 4.78 is 10.3. The van der Waals surface area contributed by atoms with Crippen molar-refractivity contribution >= 4 is 28.6 Å². The molecule has 0 unspecified atom stereocenters. The average Bonchev–Trinajstić information content (AvgIpc) is 2.92.